The fraction of sp³-hybridized carbons (Fsp3) is 0.462. The molecule has 6 rings (SSSR count). The summed E-state index contributed by atoms with van der Waals surface area (Å²) in [4.78, 5) is 25.9. The Morgan fingerprint density at radius 3 is 2.17 bits per heavy atom. The van der Waals surface area contributed by atoms with Crippen molar-refractivity contribution in [2.75, 3.05) is 13.2 Å². The Kier molecular flexibility index (Phi) is 4.98. The summed E-state index contributed by atoms with van der Waals surface area (Å²) in [5, 5.41) is 2.65. The van der Waals surface area contributed by atoms with E-state index in [1.165, 1.54) is 36.8 Å². The van der Waals surface area contributed by atoms with E-state index in [0.717, 1.165) is 17.5 Å². The first-order valence-corrected chi connectivity index (χ1v) is 11.3. The molecule has 2 amide bonds. The monoisotopic (exact) mass is 403 g/mol. The van der Waals surface area contributed by atoms with Crippen LogP contribution in [-0.4, -0.2) is 25.0 Å². The van der Waals surface area contributed by atoms with Crippen molar-refractivity contribution in [1.29, 1.82) is 0 Å². The van der Waals surface area contributed by atoms with E-state index in [1.807, 2.05) is 24.3 Å². The van der Waals surface area contributed by atoms with E-state index < -0.39 is 11.3 Å². The maximum atomic E-state index is 13.1. The van der Waals surface area contributed by atoms with Gasteiger partial charge in [0.05, 0.1) is 23.9 Å². The Morgan fingerprint density at radius 1 is 0.867 bits per heavy atom. The SMILES string of the molecule is CCCCCCCOCC12c3ccccc3C(c3ccccc31)C1C(=O)NC(=O)C12. The van der Waals surface area contributed by atoms with E-state index in [-0.39, 0.29) is 23.7 Å². The maximum absolute atomic E-state index is 13.1. The van der Waals surface area contributed by atoms with Crippen LogP contribution in [0.25, 0.3) is 0 Å². The zero-order chi connectivity index (χ0) is 20.7. The molecule has 2 atom stereocenters. The summed E-state index contributed by atoms with van der Waals surface area (Å²) in [6, 6.07) is 16.7. The summed E-state index contributed by atoms with van der Waals surface area (Å²) in [5.74, 6) is -1.10. The minimum Gasteiger partial charge on any atom is -0.380 e. The van der Waals surface area contributed by atoms with Crippen molar-refractivity contribution >= 4 is 11.8 Å². The number of rotatable bonds is 8. The van der Waals surface area contributed by atoms with Crippen molar-refractivity contribution in [2.24, 2.45) is 11.8 Å². The lowest BCUT2D eigenvalue weighted by Gasteiger charge is -2.54. The minimum absolute atomic E-state index is 0.0650. The Bertz CT molecular complexity index is 934. The van der Waals surface area contributed by atoms with Gasteiger partial charge in [0.15, 0.2) is 0 Å². The first-order chi connectivity index (χ1) is 14.7. The van der Waals surface area contributed by atoms with Crippen LogP contribution >= 0.6 is 0 Å². The Hall–Kier alpha value is -2.46. The smallest absolute Gasteiger partial charge is 0.231 e. The van der Waals surface area contributed by atoms with E-state index in [2.05, 4.69) is 36.5 Å². The molecule has 0 aromatic heterocycles. The van der Waals surface area contributed by atoms with Gasteiger partial charge in [-0.05, 0) is 28.7 Å². The summed E-state index contributed by atoms with van der Waals surface area (Å²) in [7, 11) is 0. The Balaban J connectivity index is 1.55. The van der Waals surface area contributed by atoms with E-state index >= 15 is 0 Å². The van der Waals surface area contributed by atoms with Crippen LogP contribution in [0.15, 0.2) is 48.5 Å². The lowest BCUT2D eigenvalue weighted by atomic mass is 9.47. The highest BCUT2D eigenvalue weighted by Gasteiger charge is 2.66. The van der Waals surface area contributed by atoms with Gasteiger partial charge in [-0.3, -0.25) is 14.9 Å². The van der Waals surface area contributed by atoms with Crippen molar-refractivity contribution in [2.45, 2.75) is 50.4 Å². The summed E-state index contributed by atoms with van der Waals surface area (Å²) < 4.78 is 6.29. The summed E-state index contributed by atoms with van der Waals surface area (Å²) in [6.45, 7) is 3.34. The second-order valence-corrected chi connectivity index (χ2v) is 8.95. The standard InChI is InChI=1S/C26H29NO3/c1-2-3-4-5-10-15-30-16-26-19-13-8-6-11-17(19)21(18-12-7-9-14-20(18)26)22-23(26)25(29)27-24(22)28/h6-9,11-14,21-23H,2-5,10,15-16H2,1H3,(H,27,28,29). The highest BCUT2D eigenvalue weighted by Crippen LogP contribution is 2.62. The quantitative estimate of drug-likeness (QED) is 0.528. The number of carbonyl (C=O) groups is 2. The molecule has 0 saturated carbocycles. The molecule has 0 spiro atoms. The number of amides is 2. The molecule has 2 aromatic carbocycles. The third-order valence-electron chi connectivity index (χ3n) is 7.36. The lowest BCUT2D eigenvalue weighted by Crippen LogP contribution is -2.56. The van der Waals surface area contributed by atoms with Gasteiger partial charge < -0.3 is 4.74 Å². The highest BCUT2D eigenvalue weighted by molar-refractivity contribution is 6.08. The van der Waals surface area contributed by atoms with E-state index in [1.54, 1.807) is 0 Å². The molecule has 4 aliphatic rings. The largest absolute Gasteiger partial charge is 0.380 e. The third-order valence-corrected chi connectivity index (χ3v) is 7.36. The van der Waals surface area contributed by atoms with Crippen LogP contribution in [0.4, 0.5) is 0 Å². The molecular formula is C26H29NO3. The molecule has 30 heavy (non-hydrogen) atoms. The summed E-state index contributed by atoms with van der Waals surface area (Å²) in [5.41, 5.74) is 4.06. The van der Waals surface area contributed by atoms with E-state index in [9.17, 15) is 9.59 Å². The molecule has 2 aromatic rings. The zero-order valence-electron chi connectivity index (χ0n) is 17.5. The predicted octanol–water partition coefficient (Wildman–Crippen LogP) is 4.31. The molecule has 2 unspecified atom stereocenters. The van der Waals surface area contributed by atoms with E-state index in [4.69, 9.17) is 4.74 Å². The molecule has 156 valence electrons. The molecule has 2 bridgehead atoms. The number of hydrogen-bond acceptors (Lipinski definition) is 3. The molecule has 1 N–H and O–H groups in total. The summed E-state index contributed by atoms with van der Waals surface area (Å²) >= 11 is 0. The van der Waals surface area contributed by atoms with Crippen LogP contribution in [0.3, 0.4) is 0 Å². The van der Waals surface area contributed by atoms with Gasteiger partial charge in [-0.1, -0.05) is 81.1 Å². The van der Waals surface area contributed by atoms with Crippen LogP contribution in [0.1, 0.15) is 67.2 Å². The van der Waals surface area contributed by atoms with Crippen LogP contribution in [0.5, 0.6) is 0 Å². The van der Waals surface area contributed by atoms with Crippen molar-refractivity contribution in [3.63, 3.8) is 0 Å². The molecule has 1 heterocycles. The van der Waals surface area contributed by atoms with Crippen LogP contribution in [0.2, 0.25) is 0 Å². The van der Waals surface area contributed by atoms with Crippen LogP contribution in [0, 0.1) is 11.8 Å². The number of ether oxygens (including phenoxy) is 1. The fourth-order valence-electron chi connectivity index (χ4n) is 6.14. The number of hydrogen-bond donors (Lipinski definition) is 1. The van der Waals surface area contributed by atoms with Gasteiger partial charge >= 0.3 is 0 Å². The van der Waals surface area contributed by atoms with Gasteiger partial charge in [0.1, 0.15) is 0 Å². The summed E-state index contributed by atoms with van der Waals surface area (Å²) in [6.07, 6.45) is 5.92. The number of imide groups is 1. The molecular weight excluding hydrogens is 374 g/mol. The average Bonchev–Trinajstić information content (AvgIpc) is 3.08. The van der Waals surface area contributed by atoms with Crippen molar-refractivity contribution in [3.05, 3.63) is 70.8 Å². The molecule has 1 fully saturated rings. The minimum atomic E-state index is -0.605. The van der Waals surface area contributed by atoms with Crippen LogP contribution < -0.4 is 5.32 Å². The van der Waals surface area contributed by atoms with Crippen molar-refractivity contribution < 1.29 is 14.3 Å². The first kappa shape index (κ1) is 19.5. The normalized spacial score (nSPS) is 28.1. The van der Waals surface area contributed by atoms with Gasteiger partial charge in [-0.25, -0.2) is 0 Å². The Morgan fingerprint density at radius 2 is 1.50 bits per heavy atom. The molecule has 1 aliphatic heterocycles. The average molecular weight is 404 g/mol. The molecule has 4 nitrogen and oxygen atoms in total. The number of carbonyl (C=O) groups excluding carboxylic acids is 2. The third kappa shape index (κ3) is 2.70. The highest BCUT2D eigenvalue weighted by atomic mass is 16.5. The van der Waals surface area contributed by atoms with Gasteiger partial charge in [0.25, 0.3) is 0 Å². The second kappa shape index (κ2) is 7.66. The van der Waals surface area contributed by atoms with Crippen molar-refractivity contribution in [3.8, 4) is 0 Å². The molecule has 1 saturated heterocycles. The van der Waals surface area contributed by atoms with Gasteiger partial charge in [0, 0.05) is 12.5 Å². The molecule has 4 heteroatoms. The van der Waals surface area contributed by atoms with Gasteiger partial charge in [-0.2, -0.15) is 0 Å². The molecule has 0 radical (unpaired) electrons. The van der Waals surface area contributed by atoms with Gasteiger partial charge in [-0.15, -0.1) is 0 Å². The Labute approximate surface area is 178 Å². The first-order valence-electron chi connectivity index (χ1n) is 11.3. The fourth-order valence-corrected chi connectivity index (χ4v) is 6.14. The van der Waals surface area contributed by atoms with Gasteiger partial charge in [0.2, 0.25) is 11.8 Å². The topological polar surface area (TPSA) is 55.4 Å². The predicted molar refractivity (Wildman–Crippen MR) is 115 cm³/mol. The zero-order valence-corrected chi connectivity index (χ0v) is 17.5. The number of benzene rings is 2. The molecule has 3 aliphatic carbocycles. The number of unbranched alkanes of at least 4 members (excludes halogenated alkanes) is 4. The lowest BCUT2D eigenvalue weighted by molar-refractivity contribution is -0.127. The van der Waals surface area contributed by atoms with E-state index in [0.29, 0.717) is 13.2 Å². The van der Waals surface area contributed by atoms with Crippen LogP contribution in [-0.2, 0) is 19.7 Å². The second-order valence-electron chi connectivity index (χ2n) is 8.95. The van der Waals surface area contributed by atoms with Crippen molar-refractivity contribution in [1.82, 2.24) is 5.32 Å². The number of nitrogens with one attached hydrogen (secondary N) is 1. The maximum Gasteiger partial charge on any atom is 0.231 e.